The normalized spacial score (nSPS) is 28.1. The Bertz CT molecular complexity index is 305. The van der Waals surface area contributed by atoms with Crippen molar-refractivity contribution in [1.82, 2.24) is 0 Å². The fraction of sp³-hybridized carbons (Fsp3) is 0.727. The molecule has 1 rings (SSSR count). The molecule has 1 aliphatic heterocycles. The van der Waals surface area contributed by atoms with E-state index in [-0.39, 0.29) is 11.0 Å². The summed E-state index contributed by atoms with van der Waals surface area (Å²) in [5.74, 6) is -0.330. The molecule has 0 saturated carbocycles. The summed E-state index contributed by atoms with van der Waals surface area (Å²) in [6, 6.07) is 0. The highest BCUT2D eigenvalue weighted by Gasteiger charge is 2.42. The number of hydrogen-bond acceptors (Lipinski definition) is 3. The first-order valence-electron chi connectivity index (χ1n) is 5.06. The minimum absolute atomic E-state index is 0.169. The molecule has 0 aromatic heterocycles. The summed E-state index contributed by atoms with van der Waals surface area (Å²) in [6.45, 7) is 7.40. The maximum atomic E-state index is 12.0. The Kier molecular flexibility index (Phi) is 2.94. The van der Waals surface area contributed by atoms with Crippen LogP contribution < -0.4 is 5.06 Å². The lowest BCUT2D eigenvalue weighted by molar-refractivity contribution is -0.943. The number of quaternary nitrogens is 1. The Labute approximate surface area is 90.5 Å². The van der Waals surface area contributed by atoms with Crippen LogP contribution in [0.3, 0.4) is 0 Å². The number of rotatable bonds is 1. The van der Waals surface area contributed by atoms with Crippen LogP contribution in [0.5, 0.6) is 0 Å². The Balaban J connectivity index is 3.09. The van der Waals surface area contributed by atoms with E-state index in [0.717, 1.165) is 0 Å². The monoisotopic (exact) mass is 213 g/mol. The predicted octanol–water partition coefficient (Wildman–Crippen LogP) is 0.429. The second-order valence-corrected chi connectivity index (χ2v) is 5.27. The Morgan fingerprint density at radius 2 is 2.00 bits per heavy atom. The molecule has 0 amide bonds. The van der Waals surface area contributed by atoms with Crippen LogP contribution in [0.1, 0.15) is 34.1 Å². The van der Waals surface area contributed by atoms with Crippen molar-refractivity contribution in [3.05, 3.63) is 16.9 Å². The Morgan fingerprint density at radius 1 is 1.47 bits per heavy atom. The SMILES string of the molecule is COC(=O)C1=CC(C)(C)[NH+]([O-])C(C)(C)C1. The molecule has 0 saturated heterocycles. The van der Waals surface area contributed by atoms with Crippen LogP contribution in [0, 0.1) is 5.21 Å². The number of hydroxylamine groups is 2. The second-order valence-electron chi connectivity index (χ2n) is 5.27. The van der Waals surface area contributed by atoms with E-state index in [2.05, 4.69) is 0 Å². The summed E-state index contributed by atoms with van der Waals surface area (Å²) in [5, 5.41) is 12.2. The van der Waals surface area contributed by atoms with Crippen molar-refractivity contribution in [2.24, 2.45) is 0 Å². The van der Waals surface area contributed by atoms with Crippen molar-refractivity contribution >= 4 is 5.97 Å². The lowest BCUT2D eigenvalue weighted by atomic mass is 9.83. The minimum atomic E-state index is -0.578. The van der Waals surface area contributed by atoms with Gasteiger partial charge in [-0.1, -0.05) is 0 Å². The van der Waals surface area contributed by atoms with E-state index in [1.54, 1.807) is 6.08 Å². The van der Waals surface area contributed by atoms with Crippen molar-refractivity contribution < 1.29 is 14.6 Å². The van der Waals surface area contributed by atoms with Crippen LogP contribution in [0.4, 0.5) is 0 Å². The fourth-order valence-corrected chi connectivity index (χ4v) is 2.24. The highest BCUT2D eigenvalue weighted by Crippen LogP contribution is 2.23. The van der Waals surface area contributed by atoms with Gasteiger partial charge in [0.1, 0.15) is 5.54 Å². The van der Waals surface area contributed by atoms with Crippen LogP contribution >= 0.6 is 0 Å². The molecule has 1 unspecified atom stereocenters. The van der Waals surface area contributed by atoms with Crippen LogP contribution in [-0.4, -0.2) is 24.2 Å². The number of hydrogen-bond donors (Lipinski definition) is 1. The van der Waals surface area contributed by atoms with Crippen molar-refractivity contribution in [3.63, 3.8) is 0 Å². The van der Waals surface area contributed by atoms with Crippen molar-refractivity contribution in [1.29, 1.82) is 0 Å². The minimum Gasteiger partial charge on any atom is -0.633 e. The van der Waals surface area contributed by atoms with E-state index in [4.69, 9.17) is 4.74 Å². The highest BCUT2D eigenvalue weighted by atomic mass is 16.5. The van der Waals surface area contributed by atoms with Gasteiger partial charge in [-0.3, -0.25) is 0 Å². The molecule has 4 heteroatoms. The molecule has 0 aliphatic carbocycles. The summed E-state index contributed by atoms with van der Waals surface area (Å²) in [4.78, 5) is 11.4. The zero-order valence-corrected chi connectivity index (χ0v) is 10.0. The third kappa shape index (κ3) is 2.21. The van der Waals surface area contributed by atoms with Crippen LogP contribution in [-0.2, 0) is 9.53 Å². The smallest absolute Gasteiger partial charge is 0.333 e. The zero-order valence-electron chi connectivity index (χ0n) is 10.0. The lowest BCUT2D eigenvalue weighted by Crippen LogP contribution is -3.22. The van der Waals surface area contributed by atoms with E-state index in [1.807, 2.05) is 27.7 Å². The fourth-order valence-electron chi connectivity index (χ4n) is 2.24. The molecule has 0 spiro atoms. The number of methoxy groups -OCH3 is 1. The van der Waals surface area contributed by atoms with Crippen LogP contribution in [0.15, 0.2) is 11.6 Å². The summed E-state index contributed by atoms with van der Waals surface area (Å²) in [7, 11) is 1.36. The van der Waals surface area contributed by atoms with Gasteiger partial charge < -0.3 is 15.0 Å². The average molecular weight is 213 g/mol. The van der Waals surface area contributed by atoms with Crippen molar-refractivity contribution in [2.75, 3.05) is 7.11 Å². The maximum Gasteiger partial charge on any atom is 0.333 e. The molecule has 0 bridgehead atoms. The second kappa shape index (κ2) is 3.61. The number of nitrogens with one attached hydrogen (secondary N) is 1. The van der Waals surface area contributed by atoms with E-state index in [9.17, 15) is 10.0 Å². The third-order valence-electron chi connectivity index (χ3n) is 2.81. The van der Waals surface area contributed by atoms with Gasteiger partial charge in [0, 0.05) is 12.0 Å². The van der Waals surface area contributed by atoms with Gasteiger partial charge in [-0.25, -0.2) is 4.79 Å². The highest BCUT2D eigenvalue weighted by molar-refractivity contribution is 5.88. The van der Waals surface area contributed by atoms with Gasteiger partial charge in [0.2, 0.25) is 0 Å². The van der Waals surface area contributed by atoms with Crippen molar-refractivity contribution in [3.8, 4) is 0 Å². The summed E-state index contributed by atoms with van der Waals surface area (Å²) in [6.07, 6.45) is 2.19. The van der Waals surface area contributed by atoms with E-state index >= 15 is 0 Å². The quantitative estimate of drug-likeness (QED) is 0.507. The lowest BCUT2D eigenvalue weighted by Gasteiger charge is -2.50. The van der Waals surface area contributed by atoms with Gasteiger partial charge in [-0.15, -0.1) is 0 Å². The molecule has 1 atom stereocenters. The van der Waals surface area contributed by atoms with Gasteiger partial charge in [-0.05, 0) is 33.8 Å². The summed E-state index contributed by atoms with van der Waals surface area (Å²) in [5.41, 5.74) is -0.459. The molecule has 86 valence electrons. The topological polar surface area (TPSA) is 53.8 Å². The molecule has 0 aromatic rings. The first kappa shape index (κ1) is 12.2. The van der Waals surface area contributed by atoms with E-state index in [0.29, 0.717) is 12.0 Å². The molecule has 1 heterocycles. The molecule has 1 N–H and O–H groups in total. The molecule has 4 nitrogen and oxygen atoms in total. The third-order valence-corrected chi connectivity index (χ3v) is 2.81. The number of ether oxygens (including phenoxy) is 1. The summed E-state index contributed by atoms with van der Waals surface area (Å²) >= 11 is 0. The van der Waals surface area contributed by atoms with E-state index in [1.165, 1.54) is 7.11 Å². The summed E-state index contributed by atoms with van der Waals surface area (Å²) < 4.78 is 4.69. The van der Waals surface area contributed by atoms with Crippen LogP contribution in [0.2, 0.25) is 0 Å². The zero-order chi connectivity index (χ0) is 11.9. The molecule has 0 fully saturated rings. The first-order valence-corrected chi connectivity index (χ1v) is 5.06. The van der Waals surface area contributed by atoms with Crippen molar-refractivity contribution in [2.45, 2.75) is 45.2 Å². The number of esters is 1. The van der Waals surface area contributed by atoms with Gasteiger partial charge in [0.15, 0.2) is 0 Å². The number of carbonyl (C=O) groups excluding carboxylic acids is 1. The molecule has 0 aromatic carbocycles. The Morgan fingerprint density at radius 3 is 2.40 bits per heavy atom. The van der Waals surface area contributed by atoms with Gasteiger partial charge in [0.05, 0.1) is 12.6 Å². The molecule has 0 radical (unpaired) electrons. The average Bonchev–Trinajstić information content (AvgIpc) is 2.11. The largest absolute Gasteiger partial charge is 0.633 e. The van der Waals surface area contributed by atoms with Gasteiger partial charge in [0.25, 0.3) is 0 Å². The molecule has 1 aliphatic rings. The Hall–Kier alpha value is -0.870. The molecule has 15 heavy (non-hydrogen) atoms. The van der Waals surface area contributed by atoms with Gasteiger partial charge >= 0.3 is 5.97 Å². The standard InChI is InChI=1S/C11H19NO3/c1-10(2)6-8(9(13)15-5)7-11(3,4)12(10)14/h6,12H,7H2,1-5H3. The maximum absolute atomic E-state index is 12.0. The first-order chi connectivity index (χ1) is 6.70. The predicted molar refractivity (Wildman–Crippen MR) is 57.2 cm³/mol. The molecular weight excluding hydrogens is 194 g/mol. The van der Waals surface area contributed by atoms with Crippen LogP contribution in [0.25, 0.3) is 0 Å². The van der Waals surface area contributed by atoms with E-state index < -0.39 is 11.1 Å². The number of carbonyl (C=O) groups is 1. The molecular formula is C11H19NO3. The van der Waals surface area contributed by atoms with Gasteiger partial charge in [-0.2, -0.15) is 0 Å².